The van der Waals surface area contributed by atoms with Crippen LogP contribution in [0.4, 0.5) is 0 Å². The number of hydrogen-bond donors (Lipinski definition) is 2. The number of aliphatic hydroxyl groups excluding tert-OH is 1. The Morgan fingerprint density at radius 1 is 1.38 bits per heavy atom. The molecule has 2 heterocycles. The minimum absolute atomic E-state index is 0.228. The van der Waals surface area contributed by atoms with E-state index < -0.39 is 0 Å². The molecule has 0 unspecified atom stereocenters. The molecule has 130 valence electrons. The lowest BCUT2D eigenvalue weighted by Gasteiger charge is -2.34. The van der Waals surface area contributed by atoms with Gasteiger partial charge in [-0.3, -0.25) is 4.98 Å². The predicted octanol–water partition coefficient (Wildman–Crippen LogP) is 3.17. The molecule has 1 saturated heterocycles. The number of hydrogen-bond acceptors (Lipinski definition) is 4. The minimum atomic E-state index is -0.228. The number of piperidine rings is 1. The van der Waals surface area contributed by atoms with E-state index in [1.165, 1.54) is 23.8 Å². The molecule has 3 rings (SSSR count). The molecule has 4 heteroatoms. The summed E-state index contributed by atoms with van der Waals surface area (Å²) in [5.74, 6) is 1.88. The van der Waals surface area contributed by atoms with E-state index in [2.05, 4.69) is 22.4 Å². The van der Waals surface area contributed by atoms with Crippen LogP contribution in [-0.4, -0.2) is 36.4 Å². The first-order chi connectivity index (χ1) is 11.7. The van der Waals surface area contributed by atoms with E-state index in [-0.39, 0.29) is 6.10 Å². The molecular weight excluding hydrogens is 300 g/mol. The van der Waals surface area contributed by atoms with E-state index in [0.717, 1.165) is 37.2 Å². The molecular formula is C20H28N2O2. The Bertz CT molecular complexity index is 672. The monoisotopic (exact) mass is 328 g/mol. The number of methoxy groups -OCH3 is 1. The first-order valence-electron chi connectivity index (χ1n) is 8.99. The second kappa shape index (κ2) is 7.95. The number of aryl methyl sites for hydroxylation is 1. The quantitative estimate of drug-likeness (QED) is 0.855. The van der Waals surface area contributed by atoms with Crippen molar-refractivity contribution in [3.8, 4) is 5.75 Å². The third-order valence-corrected chi connectivity index (χ3v) is 5.36. The Labute approximate surface area is 144 Å². The zero-order chi connectivity index (χ0) is 16.9. The number of pyridine rings is 1. The molecule has 1 aromatic heterocycles. The van der Waals surface area contributed by atoms with Crippen molar-refractivity contribution in [2.24, 2.45) is 11.8 Å². The molecule has 2 aromatic rings. The van der Waals surface area contributed by atoms with E-state index >= 15 is 0 Å². The molecule has 0 aliphatic carbocycles. The fourth-order valence-corrected chi connectivity index (χ4v) is 3.94. The zero-order valence-electron chi connectivity index (χ0n) is 14.7. The number of nitrogens with zero attached hydrogens (tertiary/aromatic N) is 1. The topological polar surface area (TPSA) is 54.4 Å². The van der Waals surface area contributed by atoms with Crippen molar-refractivity contribution in [1.82, 2.24) is 10.3 Å². The predicted molar refractivity (Wildman–Crippen MR) is 97.4 cm³/mol. The van der Waals surface area contributed by atoms with Gasteiger partial charge in [0.2, 0.25) is 0 Å². The first-order valence-corrected chi connectivity index (χ1v) is 8.99. The zero-order valence-corrected chi connectivity index (χ0v) is 14.7. The van der Waals surface area contributed by atoms with Crippen molar-refractivity contribution in [1.29, 1.82) is 0 Å². The smallest absolute Gasteiger partial charge is 0.119 e. The maximum absolute atomic E-state index is 10.0. The van der Waals surface area contributed by atoms with E-state index in [9.17, 15) is 5.11 Å². The first kappa shape index (κ1) is 17.2. The van der Waals surface area contributed by atoms with Crippen LogP contribution in [0.1, 0.15) is 31.7 Å². The van der Waals surface area contributed by atoms with Crippen molar-refractivity contribution in [2.45, 2.75) is 38.7 Å². The van der Waals surface area contributed by atoms with E-state index in [1.54, 1.807) is 7.11 Å². The molecule has 0 saturated carbocycles. The Balaban J connectivity index is 1.67. The van der Waals surface area contributed by atoms with Gasteiger partial charge in [-0.1, -0.05) is 0 Å². The van der Waals surface area contributed by atoms with Gasteiger partial charge < -0.3 is 15.2 Å². The largest absolute Gasteiger partial charge is 0.497 e. The molecule has 1 aromatic carbocycles. The van der Waals surface area contributed by atoms with E-state index in [0.29, 0.717) is 11.8 Å². The highest BCUT2D eigenvalue weighted by Gasteiger charge is 2.27. The Morgan fingerprint density at radius 2 is 2.25 bits per heavy atom. The van der Waals surface area contributed by atoms with Gasteiger partial charge in [0.05, 0.1) is 18.7 Å². The Hall–Kier alpha value is -1.65. The third-order valence-electron chi connectivity index (χ3n) is 5.36. The van der Waals surface area contributed by atoms with Gasteiger partial charge in [0.15, 0.2) is 0 Å². The molecule has 1 fully saturated rings. The fourth-order valence-electron chi connectivity index (χ4n) is 3.94. The Kier molecular flexibility index (Phi) is 5.69. The second-order valence-corrected chi connectivity index (χ2v) is 6.90. The number of fused-ring (bicyclic) bond motifs is 1. The lowest BCUT2D eigenvalue weighted by Crippen LogP contribution is -2.41. The molecule has 0 radical (unpaired) electrons. The van der Waals surface area contributed by atoms with Crippen LogP contribution in [0.2, 0.25) is 0 Å². The Morgan fingerprint density at radius 3 is 3.04 bits per heavy atom. The van der Waals surface area contributed by atoms with Crippen LogP contribution in [0.15, 0.2) is 30.5 Å². The van der Waals surface area contributed by atoms with Gasteiger partial charge >= 0.3 is 0 Å². The van der Waals surface area contributed by atoms with Crippen molar-refractivity contribution in [2.75, 3.05) is 20.2 Å². The molecule has 0 amide bonds. The summed E-state index contributed by atoms with van der Waals surface area (Å²) in [4.78, 5) is 4.45. The lowest BCUT2D eigenvalue weighted by molar-refractivity contribution is 0.0658. The summed E-state index contributed by atoms with van der Waals surface area (Å²) in [7, 11) is 1.70. The van der Waals surface area contributed by atoms with Gasteiger partial charge in [0, 0.05) is 18.1 Å². The highest BCUT2D eigenvalue weighted by Crippen LogP contribution is 2.29. The summed E-state index contributed by atoms with van der Waals surface area (Å²) in [5.41, 5.74) is 2.36. The van der Waals surface area contributed by atoms with Crippen molar-refractivity contribution in [3.05, 3.63) is 36.0 Å². The summed E-state index contributed by atoms with van der Waals surface area (Å²) >= 11 is 0. The summed E-state index contributed by atoms with van der Waals surface area (Å²) in [5, 5.41) is 14.6. The highest BCUT2D eigenvalue weighted by atomic mass is 16.5. The lowest BCUT2D eigenvalue weighted by atomic mass is 9.80. The van der Waals surface area contributed by atoms with Crippen LogP contribution in [0.5, 0.6) is 5.75 Å². The molecule has 4 nitrogen and oxygen atoms in total. The van der Waals surface area contributed by atoms with Crippen LogP contribution < -0.4 is 10.1 Å². The number of benzene rings is 1. The summed E-state index contributed by atoms with van der Waals surface area (Å²) in [6.45, 7) is 3.94. The van der Waals surface area contributed by atoms with Crippen LogP contribution >= 0.6 is 0 Å². The molecule has 2 N–H and O–H groups in total. The number of rotatable bonds is 6. The van der Waals surface area contributed by atoms with Gasteiger partial charge in [-0.25, -0.2) is 0 Å². The van der Waals surface area contributed by atoms with Gasteiger partial charge in [-0.15, -0.1) is 0 Å². The highest BCUT2D eigenvalue weighted by molar-refractivity contribution is 5.83. The van der Waals surface area contributed by atoms with Crippen molar-refractivity contribution < 1.29 is 9.84 Å². The molecule has 3 atom stereocenters. The number of aromatic nitrogens is 1. The molecule has 0 bridgehead atoms. The van der Waals surface area contributed by atoms with E-state index in [1.807, 2.05) is 25.3 Å². The normalized spacial score (nSPS) is 22.5. The standard InChI is InChI=1S/C20H28N2O2/c1-14(23)19-13-21-10-8-16(19)5-3-4-15-9-11-22-20-7-6-17(24-2)12-18(15)20/h6-7,9,11-12,14,16,19,21,23H,3-5,8,10,13H2,1-2H3/t14-,16-,19-/m1/s1. The molecule has 1 aliphatic heterocycles. The van der Waals surface area contributed by atoms with Crippen LogP contribution in [-0.2, 0) is 6.42 Å². The van der Waals surface area contributed by atoms with Gasteiger partial charge in [-0.2, -0.15) is 0 Å². The van der Waals surface area contributed by atoms with Crippen molar-refractivity contribution >= 4 is 10.9 Å². The van der Waals surface area contributed by atoms with E-state index in [4.69, 9.17) is 4.74 Å². The average molecular weight is 328 g/mol. The van der Waals surface area contributed by atoms with Gasteiger partial charge in [0.25, 0.3) is 0 Å². The van der Waals surface area contributed by atoms with Crippen LogP contribution in [0, 0.1) is 11.8 Å². The number of aliphatic hydroxyl groups is 1. The fraction of sp³-hybridized carbons (Fsp3) is 0.550. The SMILES string of the molecule is COc1ccc2nccc(CCC[C@@H]3CCNC[C@@H]3[C@@H](C)O)c2c1. The summed E-state index contributed by atoms with van der Waals surface area (Å²) in [6, 6.07) is 8.19. The summed E-state index contributed by atoms with van der Waals surface area (Å²) in [6.07, 6.45) is 6.19. The van der Waals surface area contributed by atoms with Crippen LogP contribution in [0.3, 0.4) is 0 Å². The average Bonchev–Trinajstić information content (AvgIpc) is 2.61. The van der Waals surface area contributed by atoms with Crippen LogP contribution in [0.25, 0.3) is 10.9 Å². The molecule has 1 aliphatic rings. The molecule has 0 spiro atoms. The maximum atomic E-state index is 10.0. The minimum Gasteiger partial charge on any atom is -0.497 e. The summed E-state index contributed by atoms with van der Waals surface area (Å²) < 4.78 is 5.35. The number of nitrogens with one attached hydrogen (secondary N) is 1. The van der Waals surface area contributed by atoms with Crippen molar-refractivity contribution in [3.63, 3.8) is 0 Å². The second-order valence-electron chi connectivity index (χ2n) is 6.90. The number of ether oxygens (including phenoxy) is 1. The maximum Gasteiger partial charge on any atom is 0.119 e. The van der Waals surface area contributed by atoms with Gasteiger partial charge in [0.1, 0.15) is 5.75 Å². The molecule has 24 heavy (non-hydrogen) atoms. The third kappa shape index (κ3) is 3.87. The van der Waals surface area contributed by atoms with Gasteiger partial charge in [-0.05, 0) is 80.8 Å².